The van der Waals surface area contributed by atoms with Crippen LogP contribution in [0.25, 0.3) is 0 Å². The fourth-order valence-electron chi connectivity index (χ4n) is 8.68. The number of hydrogen-bond acceptors (Lipinski definition) is 11. The summed E-state index contributed by atoms with van der Waals surface area (Å²) >= 11 is 0. The fraction of sp³-hybridized carbons (Fsp3) is 0.345. The van der Waals surface area contributed by atoms with Gasteiger partial charge in [-0.15, -0.1) is 0 Å². The number of methoxy groups -OCH3 is 1. The highest BCUT2D eigenvalue weighted by molar-refractivity contribution is 5.18. The second-order valence-corrected chi connectivity index (χ2v) is 16.7. The van der Waals surface area contributed by atoms with Gasteiger partial charge < -0.3 is 52.1 Å². The van der Waals surface area contributed by atoms with E-state index in [0.717, 1.165) is 33.4 Å². The zero-order valence-corrected chi connectivity index (χ0v) is 37.2. The maximum atomic E-state index is 7.34. The largest absolute Gasteiger partial charge is 0.374 e. The first-order valence-electron chi connectivity index (χ1n) is 22.7. The SMILES string of the molecule is CO[C@H]1O[C@@H]2CO[C@@]3(O[C@H]2[C@H](OCc2ccccc2)[C@H]1OCc1ccccc1)O[C@H](COCc1ccccc1)[C@H](OCc1ccccc1)[C@H](OCc1ccccc1)[C@H]3OCc1ccccc1. The topological polar surface area (TPSA) is 102 Å². The van der Waals surface area contributed by atoms with Crippen molar-refractivity contribution in [3.05, 3.63) is 215 Å². The molecule has 0 saturated carbocycles. The molecule has 3 heterocycles. The molecular formula is C55H58O11. The third-order valence-corrected chi connectivity index (χ3v) is 12.0. The molecule has 3 saturated heterocycles. The predicted octanol–water partition coefficient (Wildman–Crippen LogP) is 8.97. The summed E-state index contributed by atoms with van der Waals surface area (Å²) < 4.78 is 75.2. The molecule has 6 aromatic carbocycles. The lowest BCUT2D eigenvalue weighted by molar-refractivity contribution is -0.517. The zero-order valence-electron chi connectivity index (χ0n) is 37.2. The highest BCUT2D eigenvalue weighted by Gasteiger charge is 2.65. The van der Waals surface area contributed by atoms with Crippen molar-refractivity contribution < 1.29 is 52.1 Å². The molecule has 3 aliphatic heterocycles. The van der Waals surface area contributed by atoms with Crippen LogP contribution in [0, 0.1) is 0 Å². The molecule has 6 aromatic rings. The molecule has 10 atom stereocenters. The monoisotopic (exact) mass is 894 g/mol. The molecule has 0 amide bonds. The Balaban J connectivity index is 1.10. The third-order valence-electron chi connectivity index (χ3n) is 12.0. The van der Waals surface area contributed by atoms with E-state index < -0.39 is 61.1 Å². The second kappa shape index (κ2) is 23.1. The van der Waals surface area contributed by atoms with Crippen LogP contribution in [0.5, 0.6) is 0 Å². The van der Waals surface area contributed by atoms with E-state index in [-0.39, 0.29) is 46.2 Å². The van der Waals surface area contributed by atoms with Gasteiger partial charge in [-0.2, -0.15) is 0 Å². The lowest BCUT2D eigenvalue weighted by atomic mass is 9.93. The molecule has 0 unspecified atom stereocenters. The average Bonchev–Trinajstić information content (AvgIpc) is 3.38. The Labute approximate surface area is 387 Å². The fourth-order valence-corrected chi connectivity index (χ4v) is 8.68. The van der Waals surface area contributed by atoms with E-state index in [2.05, 4.69) is 0 Å². The molecule has 0 bridgehead atoms. The van der Waals surface area contributed by atoms with Crippen molar-refractivity contribution in [3.8, 4) is 0 Å². The maximum Gasteiger partial charge on any atom is 0.314 e. The summed E-state index contributed by atoms with van der Waals surface area (Å²) in [4.78, 5) is 0. The van der Waals surface area contributed by atoms with Gasteiger partial charge in [0.05, 0.1) is 52.9 Å². The van der Waals surface area contributed by atoms with Crippen LogP contribution in [0.4, 0.5) is 0 Å². The highest BCUT2D eigenvalue weighted by Crippen LogP contribution is 2.45. The van der Waals surface area contributed by atoms with Gasteiger partial charge in [0.2, 0.25) is 0 Å². The van der Waals surface area contributed by atoms with Crippen LogP contribution in [-0.4, -0.2) is 81.4 Å². The van der Waals surface area contributed by atoms with Crippen molar-refractivity contribution in [2.75, 3.05) is 20.3 Å². The summed E-state index contributed by atoms with van der Waals surface area (Å²) in [7, 11) is 1.60. The van der Waals surface area contributed by atoms with E-state index in [0.29, 0.717) is 6.61 Å². The molecule has 3 fully saturated rings. The van der Waals surface area contributed by atoms with Crippen molar-refractivity contribution in [1.82, 2.24) is 0 Å². The Bertz CT molecular complexity index is 2290. The summed E-state index contributed by atoms with van der Waals surface area (Å²) in [6, 6.07) is 60.1. The van der Waals surface area contributed by atoms with Crippen LogP contribution in [0.15, 0.2) is 182 Å². The minimum absolute atomic E-state index is 0.0465. The van der Waals surface area contributed by atoms with Crippen molar-refractivity contribution >= 4 is 0 Å². The van der Waals surface area contributed by atoms with E-state index in [9.17, 15) is 0 Å². The lowest BCUT2D eigenvalue weighted by Crippen LogP contribution is -2.75. The summed E-state index contributed by atoms with van der Waals surface area (Å²) in [6.07, 6.45) is -6.97. The number of ether oxygens (including phenoxy) is 11. The molecule has 0 N–H and O–H groups in total. The van der Waals surface area contributed by atoms with Crippen LogP contribution in [0.3, 0.4) is 0 Å². The van der Waals surface area contributed by atoms with Crippen molar-refractivity contribution in [2.45, 2.75) is 101 Å². The van der Waals surface area contributed by atoms with Gasteiger partial charge in [-0.05, 0) is 33.4 Å². The smallest absolute Gasteiger partial charge is 0.314 e. The quantitative estimate of drug-likeness (QED) is 0.0735. The minimum atomic E-state index is -1.87. The average molecular weight is 895 g/mol. The van der Waals surface area contributed by atoms with E-state index in [1.165, 1.54) is 0 Å². The van der Waals surface area contributed by atoms with Crippen LogP contribution < -0.4 is 0 Å². The first-order valence-corrected chi connectivity index (χ1v) is 22.7. The van der Waals surface area contributed by atoms with E-state index in [1.807, 2.05) is 182 Å². The van der Waals surface area contributed by atoms with Crippen LogP contribution in [-0.2, 0) is 91.7 Å². The summed E-state index contributed by atoms with van der Waals surface area (Å²) in [6.45, 7) is 1.79. The number of benzene rings is 6. The molecule has 11 heteroatoms. The standard InChI is InChI=1S/C55H58O11/c1-56-54-52(61-36-44-28-16-6-17-29-44)50(59-34-42-24-12-4-13-25-42)49-46(64-54)39-63-55(66-49)53(62-37-45-30-18-7-19-31-45)51(60-35-43-26-14-5-15-27-43)48(58-33-41-22-10-3-11-23-41)47(65-55)38-57-32-40-20-8-2-9-21-40/h2-31,46-54H,32-39H2,1H3/t46-,47-,48+,49-,50+,51+,52-,53-,54+,55-/m1/s1. The Morgan fingerprint density at radius 2 is 0.833 bits per heavy atom. The van der Waals surface area contributed by atoms with Crippen molar-refractivity contribution in [3.63, 3.8) is 0 Å². The lowest BCUT2D eigenvalue weighted by Gasteiger charge is -2.57. The molecule has 9 rings (SSSR count). The Hall–Kier alpha value is -5.12. The van der Waals surface area contributed by atoms with Crippen molar-refractivity contribution in [1.29, 1.82) is 0 Å². The van der Waals surface area contributed by atoms with Crippen LogP contribution in [0.2, 0.25) is 0 Å². The minimum Gasteiger partial charge on any atom is -0.374 e. The summed E-state index contributed by atoms with van der Waals surface area (Å²) in [5, 5.41) is 0. The van der Waals surface area contributed by atoms with E-state index in [4.69, 9.17) is 52.1 Å². The predicted molar refractivity (Wildman–Crippen MR) is 245 cm³/mol. The molecule has 3 aliphatic rings. The Kier molecular flexibility index (Phi) is 16.1. The van der Waals surface area contributed by atoms with Gasteiger partial charge in [-0.1, -0.05) is 182 Å². The van der Waals surface area contributed by atoms with Crippen LogP contribution in [0.1, 0.15) is 33.4 Å². The molecule has 0 aliphatic carbocycles. The Morgan fingerprint density at radius 3 is 1.29 bits per heavy atom. The molecule has 1 spiro atoms. The van der Waals surface area contributed by atoms with Gasteiger partial charge >= 0.3 is 5.97 Å². The maximum absolute atomic E-state index is 7.34. The molecule has 0 radical (unpaired) electrons. The molecule has 11 nitrogen and oxygen atoms in total. The normalized spacial score (nSPS) is 27.3. The molecule has 0 aromatic heterocycles. The second-order valence-electron chi connectivity index (χ2n) is 16.7. The first kappa shape index (κ1) is 46.0. The molecule has 66 heavy (non-hydrogen) atoms. The molecular weight excluding hydrogens is 837 g/mol. The van der Waals surface area contributed by atoms with Gasteiger partial charge in [0.15, 0.2) is 12.4 Å². The van der Waals surface area contributed by atoms with Crippen molar-refractivity contribution in [2.24, 2.45) is 0 Å². The van der Waals surface area contributed by atoms with E-state index >= 15 is 0 Å². The summed E-state index contributed by atoms with van der Waals surface area (Å²) in [5.74, 6) is -1.87. The van der Waals surface area contributed by atoms with Gasteiger partial charge in [-0.25, -0.2) is 0 Å². The van der Waals surface area contributed by atoms with Gasteiger partial charge in [-0.3, -0.25) is 0 Å². The Morgan fingerprint density at radius 1 is 0.439 bits per heavy atom. The number of fused-ring (bicyclic) bond motifs is 1. The van der Waals surface area contributed by atoms with Crippen LogP contribution >= 0.6 is 0 Å². The molecule has 344 valence electrons. The van der Waals surface area contributed by atoms with E-state index in [1.54, 1.807) is 7.11 Å². The number of rotatable bonds is 20. The van der Waals surface area contributed by atoms with Gasteiger partial charge in [0.25, 0.3) is 0 Å². The first-order chi connectivity index (χ1) is 32.6. The highest BCUT2D eigenvalue weighted by atomic mass is 16.9. The van der Waals surface area contributed by atoms with Gasteiger partial charge in [0.1, 0.15) is 42.7 Å². The third kappa shape index (κ3) is 11.7. The zero-order chi connectivity index (χ0) is 44.8. The van der Waals surface area contributed by atoms with Gasteiger partial charge in [0, 0.05) is 7.11 Å². The number of hydrogen-bond donors (Lipinski definition) is 0. The summed E-state index contributed by atoms with van der Waals surface area (Å²) in [5.41, 5.74) is 5.91.